The summed E-state index contributed by atoms with van der Waals surface area (Å²) in [6, 6.07) is 12.8. The van der Waals surface area contributed by atoms with Crippen molar-refractivity contribution in [3.05, 3.63) is 48.2 Å². The number of para-hydroxylation sites is 1. The molecule has 0 aliphatic rings. The number of aryl methyl sites for hydroxylation is 1. The minimum Gasteiger partial charge on any atom is -0.493 e. The fourth-order valence-electron chi connectivity index (χ4n) is 4.22. The van der Waals surface area contributed by atoms with E-state index in [9.17, 15) is 0 Å². The summed E-state index contributed by atoms with van der Waals surface area (Å²) in [4.78, 5) is 4.66. The molecule has 1 atom stereocenters. The highest BCUT2D eigenvalue weighted by molar-refractivity contribution is 5.67. The van der Waals surface area contributed by atoms with Crippen LogP contribution in [0.3, 0.4) is 0 Å². The molecule has 2 aromatic rings. The molecule has 1 aromatic carbocycles. The third-order valence-electron chi connectivity index (χ3n) is 6.60. The standard InChI is InChI=1S/C30H47NO/c1-4-6-7-8-9-10-11-12-13-14-19-27-22-23-31-29(25-27)28-20-15-16-21-30(28)32-24-17-18-26(3)5-2/h15-16,20-23,25-26H,4-14,17-19,24H2,1-3H3. The lowest BCUT2D eigenvalue weighted by molar-refractivity contribution is 0.295. The number of unbranched alkanes of at least 4 members (excludes halogenated alkanes) is 9. The zero-order chi connectivity index (χ0) is 22.9. The fourth-order valence-corrected chi connectivity index (χ4v) is 4.22. The SMILES string of the molecule is CCCCCCCCCCCCc1ccnc(-c2ccccc2OCCCC(C)CC)c1. The largest absolute Gasteiger partial charge is 0.493 e. The zero-order valence-corrected chi connectivity index (χ0v) is 21.1. The van der Waals surface area contributed by atoms with E-state index in [1.165, 1.54) is 82.6 Å². The molecule has 1 heterocycles. The van der Waals surface area contributed by atoms with Crippen molar-refractivity contribution in [1.29, 1.82) is 0 Å². The molecule has 0 N–H and O–H groups in total. The Bertz CT molecular complexity index is 726. The Morgan fingerprint density at radius 2 is 1.50 bits per heavy atom. The molecular weight excluding hydrogens is 390 g/mol. The number of nitrogens with zero attached hydrogens (tertiary/aromatic N) is 1. The molecule has 0 bridgehead atoms. The first kappa shape index (κ1) is 26.4. The van der Waals surface area contributed by atoms with Crippen LogP contribution in [0.25, 0.3) is 11.3 Å². The summed E-state index contributed by atoms with van der Waals surface area (Å²) in [5, 5.41) is 0. The lowest BCUT2D eigenvalue weighted by Crippen LogP contribution is -2.02. The van der Waals surface area contributed by atoms with E-state index in [1.807, 2.05) is 6.20 Å². The smallest absolute Gasteiger partial charge is 0.128 e. The Labute approximate surface area is 198 Å². The summed E-state index contributed by atoms with van der Waals surface area (Å²) in [6.07, 6.45) is 20.5. The highest BCUT2D eigenvalue weighted by Crippen LogP contribution is 2.29. The molecule has 2 nitrogen and oxygen atoms in total. The minimum absolute atomic E-state index is 0.776. The van der Waals surface area contributed by atoms with E-state index in [-0.39, 0.29) is 0 Å². The number of hydrogen-bond acceptors (Lipinski definition) is 2. The van der Waals surface area contributed by atoms with Gasteiger partial charge >= 0.3 is 0 Å². The van der Waals surface area contributed by atoms with Crippen molar-refractivity contribution in [3.63, 3.8) is 0 Å². The normalized spacial score (nSPS) is 12.1. The van der Waals surface area contributed by atoms with Crippen molar-refractivity contribution in [2.24, 2.45) is 5.92 Å². The van der Waals surface area contributed by atoms with Gasteiger partial charge in [0, 0.05) is 11.8 Å². The van der Waals surface area contributed by atoms with Crippen molar-refractivity contribution >= 4 is 0 Å². The van der Waals surface area contributed by atoms with Crippen LogP contribution in [-0.2, 0) is 6.42 Å². The molecule has 0 saturated carbocycles. The first-order valence-electron chi connectivity index (χ1n) is 13.4. The lowest BCUT2D eigenvalue weighted by Gasteiger charge is -2.13. The molecule has 32 heavy (non-hydrogen) atoms. The van der Waals surface area contributed by atoms with E-state index >= 15 is 0 Å². The van der Waals surface area contributed by atoms with Gasteiger partial charge in [0.05, 0.1) is 12.3 Å². The van der Waals surface area contributed by atoms with Gasteiger partial charge in [-0.3, -0.25) is 4.98 Å². The first-order valence-corrected chi connectivity index (χ1v) is 13.4. The predicted octanol–water partition coefficient (Wildman–Crippen LogP) is 9.42. The Balaban J connectivity index is 1.75. The number of rotatable bonds is 18. The van der Waals surface area contributed by atoms with Crippen LogP contribution in [0.5, 0.6) is 5.75 Å². The Hall–Kier alpha value is -1.83. The van der Waals surface area contributed by atoms with Crippen LogP contribution in [0.1, 0.15) is 110 Å². The third-order valence-corrected chi connectivity index (χ3v) is 6.60. The van der Waals surface area contributed by atoms with Gasteiger partial charge in [-0.05, 0) is 61.4 Å². The van der Waals surface area contributed by atoms with Crippen molar-refractivity contribution in [2.45, 2.75) is 111 Å². The Morgan fingerprint density at radius 3 is 2.22 bits per heavy atom. The average molecular weight is 438 g/mol. The van der Waals surface area contributed by atoms with E-state index in [4.69, 9.17) is 4.74 Å². The second-order valence-corrected chi connectivity index (χ2v) is 9.48. The van der Waals surface area contributed by atoms with E-state index < -0.39 is 0 Å². The third kappa shape index (κ3) is 10.7. The first-order chi connectivity index (χ1) is 15.7. The van der Waals surface area contributed by atoms with Crippen LogP contribution < -0.4 is 4.74 Å². The molecule has 0 amide bonds. The number of benzene rings is 1. The van der Waals surface area contributed by atoms with Gasteiger partial charge in [0.25, 0.3) is 0 Å². The van der Waals surface area contributed by atoms with E-state index in [2.05, 4.69) is 62.2 Å². The Morgan fingerprint density at radius 1 is 0.812 bits per heavy atom. The van der Waals surface area contributed by atoms with Crippen LogP contribution >= 0.6 is 0 Å². The van der Waals surface area contributed by atoms with Gasteiger partial charge in [0.2, 0.25) is 0 Å². The molecule has 0 fully saturated rings. The molecule has 1 unspecified atom stereocenters. The summed E-state index contributed by atoms with van der Waals surface area (Å²) in [7, 11) is 0. The monoisotopic (exact) mass is 437 g/mol. The number of ether oxygens (including phenoxy) is 1. The maximum Gasteiger partial charge on any atom is 0.128 e. The van der Waals surface area contributed by atoms with Crippen LogP contribution in [0.4, 0.5) is 0 Å². The number of aromatic nitrogens is 1. The second-order valence-electron chi connectivity index (χ2n) is 9.48. The van der Waals surface area contributed by atoms with Gasteiger partial charge in [0.1, 0.15) is 5.75 Å². The van der Waals surface area contributed by atoms with Crippen LogP contribution in [0.2, 0.25) is 0 Å². The summed E-state index contributed by atoms with van der Waals surface area (Å²) < 4.78 is 6.15. The quantitative estimate of drug-likeness (QED) is 0.217. The number of hydrogen-bond donors (Lipinski definition) is 0. The molecule has 0 saturated heterocycles. The molecule has 2 heteroatoms. The van der Waals surface area contributed by atoms with Crippen molar-refractivity contribution in [3.8, 4) is 17.0 Å². The topological polar surface area (TPSA) is 22.1 Å². The van der Waals surface area contributed by atoms with Crippen LogP contribution in [0.15, 0.2) is 42.6 Å². The second kappa shape index (κ2) is 16.8. The van der Waals surface area contributed by atoms with Gasteiger partial charge < -0.3 is 4.74 Å². The average Bonchev–Trinajstić information content (AvgIpc) is 2.83. The minimum atomic E-state index is 0.776. The van der Waals surface area contributed by atoms with E-state index in [0.717, 1.165) is 42.4 Å². The summed E-state index contributed by atoms with van der Waals surface area (Å²) >= 11 is 0. The molecule has 2 rings (SSSR count). The fraction of sp³-hybridized carbons (Fsp3) is 0.633. The Kier molecular flexibility index (Phi) is 13.8. The van der Waals surface area contributed by atoms with Crippen molar-refractivity contribution in [1.82, 2.24) is 4.98 Å². The van der Waals surface area contributed by atoms with E-state index in [1.54, 1.807) is 0 Å². The van der Waals surface area contributed by atoms with Crippen LogP contribution in [-0.4, -0.2) is 11.6 Å². The highest BCUT2D eigenvalue weighted by Gasteiger charge is 2.08. The van der Waals surface area contributed by atoms with Gasteiger partial charge in [-0.1, -0.05) is 97.1 Å². The molecule has 0 aliphatic heterocycles. The molecule has 0 aliphatic carbocycles. The molecule has 0 spiro atoms. The molecule has 178 valence electrons. The summed E-state index contributed by atoms with van der Waals surface area (Å²) in [5.41, 5.74) is 3.54. The zero-order valence-electron chi connectivity index (χ0n) is 21.1. The van der Waals surface area contributed by atoms with Gasteiger partial charge in [-0.25, -0.2) is 0 Å². The lowest BCUT2D eigenvalue weighted by atomic mass is 10.0. The maximum atomic E-state index is 6.15. The van der Waals surface area contributed by atoms with Crippen molar-refractivity contribution in [2.75, 3.05) is 6.61 Å². The molecular formula is C30H47NO. The highest BCUT2D eigenvalue weighted by atomic mass is 16.5. The van der Waals surface area contributed by atoms with Gasteiger partial charge in [-0.2, -0.15) is 0 Å². The van der Waals surface area contributed by atoms with E-state index in [0.29, 0.717) is 0 Å². The molecule has 1 aromatic heterocycles. The van der Waals surface area contributed by atoms with Crippen LogP contribution in [0, 0.1) is 5.92 Å². The summed E-state index contributed by atoms with van der Waals surface area (Å²) in [5.74, 6) is 1.73. The summed E-state index contributed by atoms with van der Waals surface area (Å²) in [6.45, 7) is 7.64. The van der Waals surface area contributed by atoms with Crippen molar-refractivity contribution < 1.29 is 4.74 Å². The molecule has 0 radical (unpaired) electrons. The predicted molar refractivity (Wildman–Crippen MR) is 139 cm³/mol. The maximum absolute atomic E-state index is 6.15. The van der Waals surface area contributed by atoms with Gasteiger partial charge in [0.15, 0.2) is 0 Å². The number of pyridine rings is 1. The van der Waals surface area contributed by atoms with Gasteiger partial charge in [-0.15, -0.1) is 0 Å².